The lowest BCUT2D eigenvalue weighted by Crippen LogP contribution is -2.50. The van der Waals surface area contributed by atoms with E-state index >= 15 is 0 Å². The molecule has 2 aromatic carbocycles. The van der Waals surface area contributed by atoms with Crippen molar-refractivity contribution in [2.75, 3.05) is 18.5 Å². The van der Waals surface area contributed by atoms with Gasteiger partial charge in [0.2, 0.25) is 5.91 Å². The number of nitrogens with zero attached hydrogens (tertiary/aromatic N) is 3. The van der Waals surface area contributed by atoms with Gasteiger partial charge < -0.3 is 20.7 Å². The maximum absolute atomic E-state index is 13.5. The van der Waals surface area contributed by atoms with E-state index in [9.17, 15) is 14.0 Å². The normalized spacial score (nSPS) is 26.2. The topological polar surface area (TPSA) is 110 Å². The van der Waals surface area contributed by atoms with Crippen LogP contribution >= 0.6 is 0 Å². The van der Waals surface area contributed by atoms with E-state index in [1.54, 1.807) is 0 Å². The molecule has 0 radical (unpaired) electrons. The molecule has 0 spiro atoms. The third kappa shape index (κ3) is 5.43. The quantitative estimate of drug-likeness (QED) is 0.411. The van der Waals surface area contributed by atoms with Gasteiger partial charge in [-0.3, -0.25) is 4.79 Å². The minimum Gasteiger partial charge on any atom is -0.448 e. The molecule has 40 heavy (non-hydrogen) atoms. The van der Waals surface area contributed by atoms with Crippen LogP contribution in [0.5, 0.6) is 0 Å². The third-order valence-corrected chi connectivity index (χ3v) is 8.57. The van der Waals surface area contributed by atoms with Gasteiger partial charge >= 0.3 is 6.09 Å². The molecule has 0 unspecified atom stereocenters. The first kappa shape index (κ1) is 26.4. The van der Waals surface area contributed by atoms with Crippen LogP contribution in [-0.4, -0.2) is 52.5 Å². The number of nitrogens with one attached hydrogen (secondary N) is 1. The van der Waals surface area contributed by atoms with Crippen molar-refractivity contribution < 1.29 is 18.7 Å². The number of aromatic nitrogens is 2. The summed E-state index contributed by atoms with van der Waals surface area (Å²) in [5, 5.41) is 11.8. The van der Waals surface area contributed by atoms with Gasteiger partial charge in [0.05, 0.1) is 6.54 Å². The molecule has 0 atom stereocenters. The lowest BCUT2D eigenvalue weighted by atomic mass is 9.71. The first-order valence-electron chi connectivity index (χ1n) is 14.1. The Morgan fingerprint density at radius 2 is 1.75 bits per heavy atom. The van der Waals surface area contributed by atoms with Gasteiger partial charge in [-0.05, 0) is 48.8 Å². The van der Waals surface area contributed by atoms with Gasteiger partial charge in [-0.25, -0.2) is 9.18 Å². The van der Waals surface area contributed by atoms with E-state index in [2.05, 4.69) is 15.5 Å². The van der Waals surface area contributed by atoms with Crippen LogP contribution in [0.4, 0.5) is 15.0 Å². The second-order valence-corrected chi connectivity index (χ2v) is 11.3. The number of anilines is 1. The fraction of sp³-hybridized carbons (Fsp3) is 0.419. The van der Waals surface area contributed by atoms with E-state index in [-0.39, 0.29) is 24.0 Å². The fourth-order valence-electron chi connectivity index (χ4n) is 6.28. The molecule has 3 aromatic rings. The van der Waals surface area contributed by atoms with Gasteiger partial charge in [0.1, 0.15) is 18.5 Å². The molecule has 9 heteroatoms. The number of halogens is 1. The molecular formula is C31H34FN5O3. The molecule has 2 heterocycles. The minimum absolute atomic E-state index is 0.0886. The first-order chi connectivity index (χ1) is 19.4. The molecular weight excluding hydrogens is 509 g/mol. The molecule has 208 valence electrons. The summed E-state index contributed by atoms with van der Waals surface area (Å²) in [7, 11) is 0. The Labute approximate surface area is 233 Å². The Hall–Kier alpha value is -3.85. The number of ether oxygens (including phenoxy) is 1. The minimum atomic E-state index is -0.839. The van der Waals surface area contributed by atoms with Gasteiger partial charge in [0.15, 0.2) is 5.82 Å². The van der Waals surface area contributed by atoms with Gasteiger partial charge in [0.25, 0.3) is 0 Å². The van der Waals surface area contributed by atoms with Crippen molar-refractivity contribution in [3.63, 3.8) is 0 Å². The van der Waals surface area contributed by atoms with Crippen LogP contribution in [0.15, 0.2) is 60.7 Å². The van der Waals surface area contributed by atoms with Crippen LogP contribution in [0.2, 0.25) is 0 Å². The van der Waals surface area contributed by atoms with E-state index in [1.165, 1.54) is 0 Å². The summed E-state index contributed by atoms with van der Waals surface area (Å²) in [5.74, 6) is 0.583. The van der Waals surface area contributed by atoms with Crippen molar-refractivity contribution in [1.29, 1.82) is 0 Å². The molecule has 2 amide bonds. The highest BCUT2D eigenvalue weighted by Crippen LogP contribution is 2.42. The van der Waals surface area contributed by atoms with E-state index in [1.807, 2.05) is 65.6 Å². The summed E-state index contributed by atoms with van der Waals surface area (Å²) in [6.45, 7) is 1.12. The predicted octanol–water partition coefficient (Wildman–Crippen LogP) is 5.44. The second-order valence-electron chi connectivity index (χ2n) is 11.3. The Balaban J connectivity index is 1.15. The van der Waals surface area contributed by atoms with E-state index in [0.717, 1.165) is 47.9 Å². The number of cyclic esters (lactones) is 1. The third-order valence-electron chi connectivity index (χ3n) is 8.57. The standard InChI is InChI=1S/C31H34FN5O3/c32-24-18-31(33,19-24)23-10-8-22(9-11-23)29-26(21-4-2-1-3-5-21)17-27(35-36-29)34-28(38)16-20-6-12-25(13-7-20)37-14-15-40-30(37)39/h1-5,8-11,17,20,24-25H,6-7,12-16,18-19,33H2,(H,34,35,38)/t20-,24?,25-,31?. The molecule has 1 aliphatic heterocycles. The fourth-order valence-corrected chi connectivity index (χ4v) is 6.28. The summed E-state index contributed by atoms with van der Waals surface area (Å²) in [6, 6.07) is 19.7. The molecule has 8 nitrogen and oxygen atoms in total. The van der Waals surface area contributed by atoms with Crippen LogP contribution in [0.3, 0.4) is 0 Å². The maximum Gasteiger partial charge on any atom is 0.410 e. The summed E-state index contributed by atoms with van der Waals surface area (Å²) in [6.07, 6.45) is 3.59. The molecule has 3 aliphatic rings. The number of amides is 2. The lowest BCUT2D eigenvalue weighted by Gasteiger charge is -2.41. The molecule has 6 rings (SSSR count). The molecule has 3 N–H and O–H groups in total. The number of carbonyl (C=O) groups excluding carboxylic acids is 2. The summed E-state index contributed by atoms with van der Waals surface area (Å²) >= 11 is 0. The molecule has 3 fully saturated rings. The Morgan fingerprint density at radius 3 is 2.40 bits per heavy atom. The van der Waals surface area contributed by atoms with Crippen molar-refractivity contribution in [3.8, 4) is 22.4 Å². The van der Waals surface area contributed by atoms with Crippen LogP contribution in [0.25, 0.3) is 22.4 Å². The number of hydrogen-bond donors (Lipinski definition) is 2. The number of benzene rings is 2. The molecule has 0 bridgehead atoms. The smallest absolute Gasteiger partial charge is 0.410 e. The highest BCUT2D eigenvalue weighted by molar-refractivity contribution is 5.91. The monoisotopic (exact) mass is 543 g/mol. The average molecular weight is 544 g/mol. The van der Waals surface area contributed by atoms with Gasteiger partial charge in [0, 0.05) is 42.0 Å². The summed E-state index contributed by atoms with van der Waals surface area (Å²) in [4.78, 5) is 26.7. The number of carbonyl (C=O) groups is 2. The van der Waals surface area contributed by atoms with Crippen LogP contribution in [0, 0.1) is 5.92 Å². The number of nitrogens with two attached hydrogens (primary N) is 1. The van der Waals surface area contributed by atoms with Crippen molar-refractivity contribution >= 4 is 17.8 Å². The largest absolute Gasteiger partial charge is 0.448 e. The first-order valence-corrected chi connectivity index (χ1v) is 14.1. The Bertz CT molecular complexity index is 1370. The molecule has 1 saturated heterocycles. The van der Waals surface area contributed by atoms with Crippen LogP contribution in [-0.2, 0) is 15.1 Å². The maximum atomic E-state index is 13.5. The van der Waals surface area contributed by atoms with Crippen molar-refractivity contribution in [1.82, 2.24) is 15.1 Å². The van der Waals surface area contributed by atoms with Crippen LogP contribution in [0.1, 0.15) is 50.5 Å². The average Bonchev–Trinajstić information content (AvgIpc) is 3.39. The van der Waals surface area contributed by atoms with Crippen molar-refractivity contribution in [2.45, 2.75) is 62.7 Å². The van der Waals surface area contributed by atoms with Gasteiger partial charge in [-0.15, -0.1) is 10.2 Å². The lowest BCUT2D eigenvalue weighted by molar-refractivity contribution is -0.117. The Morgan fingerprint density at radius 1 is 1.02 bits per heavy atom. The van der Waals surface area contributed by atoms with Gasteiger partial charge in [-0.1, -0.05) is 54.6 Å². The number of hydrogen-bond acceptors (Lipinski definition) is 6. The molecule has 2 aliphatic carbocycles. The Kier molecular flexibility index (Phi) is 7.23. The highest BCUT2D eigenvalue weighted by Gasteiger charge is 2.42. The van der Waals surface area contributed by atoms with E-state index in [0.29, 0.717) is 43.9 Å². The summed E-state index contributed by atoms with van der Waals surface area (Å²) < 4.78 is 18.6. The molecule has 1 aromatic heterocycles. The van der Waals surface area contributed by atoms with E-state index in [4.69, 9.17) is 10.5 Å². The second kappa shape index (κ2) is 11.0. The summed E-state index contributed by atoms with van der Waals surface area (Å²) in [5.41, 5.74) is 10.0. The van der Waals surface area contributed by atoms with E-state index < -0.39 is 11.7 Å². The molecule has 2 saturated carbocycles. The number of rotatable bonds is 7. The zero-order valence-electron chi connectivity index (χ0n) is 22.4. The van der Waals surface area contributed by atoms with Crippen molar-refractivity contribution in [2.24, 2.45) is 11.7 Å². The van der Waals surface area contributed by atoms with Gasteiger partial charge in [-0.2, -0.15) is 0 Å². The zero-order valence-corrected chi connectivity index (χ0v) is 22.4. The predicted molar refractivity (Wildman–Crippen MR) is 150 cm³/mol. The van der Waals surface area contributed by atoms with Crippen LogP contribution < -0.4 is 11.1 Å². The number of alkyl halides is 1. The highest BCUT2D eigenvalue weighted by atomic mass is 19.1. The zero-order chi connectivity index (χ0) is 27.7. The SMILES string of the molecule is NC1(c2ccc(-c3nnc(NC(=O)C[C@H]4CC[C@H](N5CCOC5=O)CC4)cc3-c3ccccc3)cc2)CC(F)C1. The van der Waals surface area contributed by atoms with Crippen molar-refractivity contribution in [3.05, 3.63) is 66.2 Å².